The smallest absolute Gasteiger partial charge is 0.249 e. The molecule has 6 heteroatoms. The molecule has 1 atom stereocenters. The Morgan fingerprint density at radius 1 is 1.35 bits per heavy atom. The Balaban J connectivity index is 2.11. The summed E-state index contributed by atoms with van der Waals surface area (Å²) in [6.07, 6.45) is 4.26. The molecular formula is C11H15N5O. The van der Waals surface area contributed by atoms with Crippen molar-refractivity contribution in [1.29, 1.82) is 0 Å². The lowest BCUT2D eigenvalue weighted by Crippen LogP contribution is -2.19. The highest BCUT2D eigenvalue weighted by molar-refractivity contribution is 5.49. The summed E-state index contributed by atoms with van der Waals surface area (Å²) in [6.45, 7) is 5.04. The van der Waals surface area contributed by atoms with E-state index in [1.54, 1.807) is 18.5 Å². The quantitative estimate of drug-likeness (QED) is 0.845. The summed E-state index contributed by atoms with van der Waals surface area (Å²) in [5.41, 5.74) is 0.779. The van der Waals surface area contributed by atoms with Crippen LogP contribution in [0.4, 0.5) is 0 Å². The van der Waals surface area contributed by atoms with Crippen LogP contribution in [-0.2, 0) is 0 Å². The van der Waals surface area contributed by atoms with E-state index in [1.165, 1.54) is 0 Å². The third kappa shape index (κ3) is 2.85. The van der Waals surface area contributed by atoms with Gasteiger partial charge in [-0.3, -0.25) is 0 Å². The number of aromatic nitrogens is 4. The summed E-state index contributed by atoms with van der Waals surface area (Å²) in [5.74, 6) is 1.06. The van der Waals surface area contributed by atoms with Gasteiger partial charge in [-0.25, -0.2) is 0 Å². The van der Waals surface area contributed by atoms with Crippen molar-refractivity contribution < 1.29 is 4.42 Å². The maximum atomic E-state index is 5.58. The lowest BCUT2D eigenvalue weighted by Gasteiger charge is -2.07. The molecular weight excluding hydrogens is 218 g/mol. The van der Waals surface area contributed by atoms with Crippen LogP contribution in [0.15, 0.2) is 22.9 Å². The van der Waals surface area contributed by atoms with Crippen molar-refractivity contribution in [1.82, 2.24) is 25.7 Å². The first-order valence-corrected chi connectivity index (χ1v) is 5.65. The minimum absolute atomic E-state index is 0.0611. The number of hydrogen-bond acceptors (Lipinski definition) is 6. The third-order valence-corrected chi connectivity index (χ3v) is 2.34. The Kier molecular flexibility index (Phi) is 3.77. The van der Waals surface area contributed by atoms with E-state index in [-0.39, 0.29) is 6.04 Å². The van der Waals surface area contributed by atoms with Gasteiger partial charge < -0.3 is 9.73 Å². The van der Waals surface area contributed by atoms with Gasteiger partial charge in [-0.2, -0.15) is 10.2 Å². The van der Waals surface area contributed by atoms with Crippen LogP contribution < -0.4 is 5.32 Å². The minimum atomic E-state index is 0.0611. The molecule has 90 valence electrons. The normalized spacial score (nSPS) is 12.6. The number of rotatable bonds is 5. The average molecular weight is 233 g/mol. The average Bonchev–Trinajstić information content (AvgIpc) is 2.86. The van der Waals surface area contributed by atoms with Crippen molar-refractivity contribution in [3.63, 3.8) is 0 Å². The minimum Gasteiger partial charge on any atom is -0.419 e. The van der Waals surface area contributed by atoms with Crippen molar-refractivity contribution in [3.8, 4) is 11.5 Å². The van der Waals surface area contributed by atoms with Crippen LogP contribution in [0.5, 0.6) is 0 Å². The summed E-state index contributed by atoms with van der Waals surface area (Å²) in [4.78, 5) is 0. The fourth-order valence-corrected chi connectivity index (χ4v) is 1.39. The van der Waals surface area contributed by atoms with E-state index in [9.17, 15) is 0 Å². The molecule has 1 N–H and O–H groups in total. The van der Waals surface area contributed by atoms with E-state index in [4.69, 9.17) is 4.42 Å². The van der Waals surface area contributed by atoms with E-state index in [0.29, 0.717) is 11.8 Å². The Morgan fingerprint density at radius 3 is 2.94 bits per heavy atom. The largest absolute Gasteiger partial charge is 0.419 e. The summed E-state index contributed by atoms with van der Waals surface area (Å²) in [5, 5.41) is 18.8. The Morgan fingerprint density at radius 2 is 2.24 bits per heavy atom. The molecule has 0 saturated carbocycles. The van der Waals surface area contributed by atoms with Crippen molar-refractivity contribution in [3.05, 3.63) is 24.4 Å². The second-order valence-electron chi connectivity index (χ2n) is 3.75. The van der Waals surface area contributed by atoms with Crippen LogP contribution in [0.25, 0.3) is 11.5 Å². The zero-order valence-corrected chi connectivity index (χ0v) is 9.92. The van der Waals surface area contributed by atoms with Crippen LogP contribution in [0.3, 0.4) is 0 Å². The molecule has 0 radical (unpaired) electrons. The van der Waals surface area contributed by atoms with Gasteiger partial charge in [0, 0.05) is 0 Å². The molecule has 0 aliphatic heterocycles. The second kappa shape index (κ2) is 5.49. The Hall–Kier alpha value is -1.82. The monoisotopic (exact) mass is 233 g/mol. The van der Waals surface area contributed by atoms with Crippen LogP contribution in [0.1, 0.15) is 32.2 Å². The predicted octanol–water partition coefficient (Wildman–Crippen LogP) is 1.59. The van der Waals surface area contributed by atoms with Crippen molar-refractivity contribution in [2.75, 3.05) is 6.54 Å². The Bertz CT molecular complexity index is 456. The maximum Gasteiger partial charge on any atom is 0.249 e. The van der Waals surface area contributed by atoms with Crippen LogP contribution in [0, 0.1) is 0 Å². The molecule has 2 rings (SSSR count). The second-order valence-corrected chi connectivity index (χ2v) is 3.75. The first-order chi connectivity index (χ1) is 8.31. The van der Waals surface area contributed by atoms with E-state index >= 15 is 0 Å². The van der Waals surface area contributed by atoms with Crippen molar-refractivity contribution in [2.24, 2.45) is 0 Å². The van der Waals surface area contributed by atoms with E-state index in [2.05, 4.69) is 32.6 Å². The third-order valence-electron chi connectivity index (χ3n) is 2.34. The predicted molar refractivity (Wildman–Crippen MR) is 62.0 cm³/mol. The summed E-state index contributed by atoms with van der Waals surface area (Å²) < 4.78 is 5.58. The zero-order chi connectivity index (χ0) is 12.1. The van der Waals surface area contributed by atoms with Crippen LogP contribution in [-0.4, -0.2) is 26.9 Å². The first kappa shape index (κ1) is 11.7. The molecule has 0 aliphatic carbocycles. The van der Waals surface area contributed by atoms with Gasteiger partial charge in [0.05, 0.1) is 24.0 Å². The number of hydrogen-bond donors (Lipinski definition) is 1. The van der Waals surface area contributed by atoms with Gasteiger partial charge >= 0.3 is 0 Å². The lowest BCUT2D eigenvalue weighted by atomic mass is 10.3. The molecule has 2 heterocycles. The highest BCUT2D eigenvalue weighted by atomic mass is 16.4. The molecule has 0 amide bonds. The lowest BCUT2D eigenvalue weighted by molar-refractivity contribution is 0.423. The molecule has 6 nitrogen and oxygen atoms in total. The van der Waals surface area contributed by atoms with Gasteiger partial charge in [-0.15, -0.1) is 10.2 Å². The Labute approximate surface area is 99.5 Å². The fraction of sp³-hybridized carbons (Fsp3) is 0.455. The summed E-state index contributed by atoms with van der Waals surface area (Å²) in [6, 6.07) is 1.85. The van der Waals surface area contributed by atoms with Gasteiger partial charge in [-0.05, 0) is 26.0 Å². The number of nitrogens with zero attached hydrogens (tertiary/aromatic N) is 4. The van der Waals surface area contributed by atoms with E-state index < -0.39 is 0 Å². The molecule has 0 fully saturated rings. The van der Waals surface area contributed by atoms with Crippen molar-refractivity contribution >= 4 is 0 Å². The molecule has 2 aromatic rings. The zero-order valence-electron chi connectivity index (χ0n) is 9.92. The molecule has 1 unspecified atom stereocenters. The highest BCUT2D eigenvalue weighted by Crippen LogP contribution is 2.18. The van der Waals surface area contributed by atoms with Crippen LogP contribution in [0.2, 0.25) is 0 Å². The van der Waals surface area contributed by atoms with Gasteiger partial charge in [0.25, 0.3) is 0 Å². The SMILES string of the molecule is CCCNC(C)c1nnc(-c2ccnnc2)o1. The maximum absolute atomic E-state index is 5.58. The molecule has 0 bridgehead atoms. The molecule has 0 aliphatic rings. The van der Waals surface area contributed by atoms with Gasteiger partial charge in [0.15, 0.2) is 0 Å². The van der Waals surface area contributed by atoms with E-state index in [1.807, 2.05) is 6.92 Å². The molecule has 2 aromatic heterocycles. The number of nitrogens with one attached hydrogen (secondary N) is 1. The molecule has 0 aromatic carbocycles. The summed E-state index contributed by atoms with van der Waals surface area (Å²) in [7, 11) is 0. The molecule has 0 spiro atoms. The van der Waals surface area contributed by atoms with Crippen molar-refractivity contribution in [2.45, 2.75) is 26.3 Å². The molecule has 0 saturated heterocycles. The highest BCUT2D eigenvalue weighted by Gasteiger charge is 2.14. The standard InChI is InChI=1S/C11H15N5O/c1-3-5-12-8(2)10-15-16-11(17-10)9-4-6-13-14-7-9/h4,6-8,12H,3,5H2,1-2H3. The van der Waals surface area contributed by atoms with Gasteiger partial charge in [-0.1, -0.05) is 6.92 Å². The summed E-state index contributed by atoms with van der Waals surface area (Å²) >= 11 is 0. The fourth-order valence-electron chi connectivity index (χ4n) is 1.39. The van der Waals surface area contributed by atoms with Gasteiger partial charge in [0.1, 0.15) is 0 Å². The van der Waals surface area contributed by atoms with Gasteiger partial charge in [0.2, 0.25) is 11.8 Å². The van der Waals surface area contributed by atoms with Crippen LogP contribution >= 0.6 is 0 Å². The topological polar surface area (TPSA) is 76.7 Å². The van der Waals surface area contributed by atoms with E-state index in [0.717, 1.165) is 18.5 Å². The first-order valence-electron chi connectivity index (χ1n) is 5.65. The molecule has 17 heavy (non-hydrogen) atoms.